The largest absolute Gasteiger partial charge is 0.296 e. The van der Waals surface area contributed by atoms with Crippen LogP contribution in [0, 0.1) is 24.2 Å². The topological polar surface area (TPSA) is 61.6 Å². The summed E-state index contributed by atoms with van der Waals surface area (Å²) >= 11 is 1.57. The highest BCUT2D eigenvalue weighted by atomic mass is 32.2. The van der Waals surface area contributed by atoms with Crippen LogP contribution in [0.15, 0.2) is 17.4 Å². The summed E-state index contributed by atoms with van der Waals surface area (Å²) in [6, 6.07) is 4.69. The van der Waals surface area contributed by atoms with Crippen molar-refractivity contribution < 1.29 is 0 Å². The lowest BCUT2D eigenvalue weighted by molar-refractivity contribution is 0.370. The van der Waals surface area contributed by atoms with E-state index in [2.05, 4.69) is 35.2 Å². The van der Waals surface area contributed by atoms with Crippen LogP contribution in [-0.4, -0.2) is 27.3 Å². The van der Waals surface area contributed by atoms with E-state index in [4.69, 9.17) is 0 Å². The maximum absolute atomic E-state index is 9.60. The third-order valence-corrected chi connectivity index (χ3v) is 4.28. The van der Waals surface area contributed by atoms with Gasteiger partial charge in [0.1, 0.15) is 5.54 Å². The smallest absolute Gasteiger partial charge is 0.187 e. The molecular weight excluding hydrogens is 256 g/mol. The van der Waals surface area contributed by atoms with Gasteiger partial charge in [0.15, 0.2) is 5.16 Å². The van der Waals surface area contributed by atoms with E-state index in [9.17, 15) is 5.26 Å². The molecule has 102 valence electrons. The highest BCUT2D eigenvalue weighted by Gasteiger charge is 2.46. The predicted molar refractivity (Wildman–Crippen MR) is 76.8 cm³/mol. The monoisotopic (exact) mass is 276 g/mol. The lowest BCUT2D eigenvalue weighted by Gasteiger charge is -2.29. The highest BCUT2D eigenvalue weighted by Crippen LogP contribution is 2.42. The van der Waals surface area contributed by atoms with Gasteiger partial charge < -0.3 is 0 Å². The minimum Gasteiger partial charge on any atom is -0.296 e. The van der Waals surface area contributed by atoms with Crippen molar-refractivity contribution in [2.75, 3.05) is 5.75 Å². The van der Waals surface area contributed by atoms with E-state index in [0.29, 0.717) is 17.7 Å². The maximum atomic E-state index is 9.60. The predicted octanol–water partition coefficient (Wildman–Crippen LogP) is 2.55. The fourth-order valence-electron chi connectivity index (χ4n) is 2.20. The molecule has 0 spiro atoms. The number of rotatable bonds is 6. The molecule has 1 fully saturated rings. The summed E-state index contributed by atoms with van der Waals surface area (Å²) in [5, 5.41) is 13.8. The minimum absolute atomic E-state index is 0.305. The number of hydrogen-bond donors (Lipinski definition) is 1. The quantitative estimate of drug-likeness (QED) is 0.639. The van der Waals surface area contributed by atoms with Crippen LogP contribution in [0.1, 0.15) is 32.4 Å². The van der Waals surface area contributed by atoms with Crippen LogP contribution < -0.4 is 5.32 Å². The van der Waals surface area contributed by atoms with E-state index in [1.165, 1.54) is 0 Å². The Balaban J connectivity index is 2.06. The van der Waals surface area contributed by atoms with E-state index >= 15 is 0 Å². The lowest BCUT2D eigenvalue weighted by Crippen LogP contribution is -2.51. The molecule has 1 atom stereocenters. The van der Waals surface area contributed by atoms with Crippen LogP contribution in [0.5, 0.6) is 0 Å². The van der Waals surface area contributed by atoms with Gasteiger partial charge in [0, 0.05) is 23.7 Å². The van der Waals surface area contributed by atoms with Crippen molar-refractivity contribution in [1.29, 1.82) is 5.26 Å². The second kappa shape index (κ2) is 5.89. The molecule has 0 bridgehead atoms. The van der Waals surface area contributed by atoms with Crippen LogP contribution in [0.4, 0.5) is 0 Å². The molecule has 1 N–H and O–H groups in total. The van der Waals surface area contributed by atoms with E-state index in [0.717, 1.165) is 23.7 Å². The summed E-state index contributed by atoms with van der Waals surface area (Å²) in [6.45, 7) is 6.13. The molecule has 2 rings (SSSR count). The van der Waals surface area contributed by atoms with E-state index in [1.807, 2.05) is 13.0 Å². The first-order valence-corrected chi connectivity index (χ1v) is 7.66. The van der Waals surface area contributed by atoms with Gasteiger partial charge in [0.25, 0.3) is 0 Å². The molecule has 1 aromatic rings. The van der Waals surface area contributed by atoms with Gasteiger partial charge in [-0.05, 0) is 45.6 Å². The number of nitrogens with zero attached hydrogens (tertiary/aromatic N) is 3. The molecule has 0 amide bonds. The Bertz CT molecular complexity index is 479. The van der Waals surface area contributed by atoms with Gasteiger partial charge in [-0.25, -0.2) is 9.97 Å². The third kappa shape index (κ3) is 3.68. The van der Waals surface area contributed by atoms with Crippen molar-refractivity contribution in [2.24, 2.45) is 5.92 Å². The fraction of sp³-hybridized carbons (Fsp3) is 0.643. The van der Waals surface area contributed by atoms with Crippen LogP contribution in [0.25, 0.3) is 0 Å². The molecule has 5 heteroatoms. The molecule has 1 heterocycles. The first-order chi connectivity index (χ1) is 9.05. The molecule has 0 saturated heterocycles. The molecule has 1 aliphatic carbocycles. The van der Waals surface area contributed by atoms with Gasteiger partial charge in [-0.15, -0.1) is 0 Å². The Morgan fingerprint density at radius 1 is 1.58 bits per heavy atom. The molecule has 0 aliphatic heterocycles. The van der Waals surface area contributed by atoms with Gasteiger partial charge in [-0.3, -0.25) is 5.32 Å². The molecular formula is C14H20N4S. The van der Waals surface area contributed by atoms with Gasteiger partial charge in [0.05, 0.1) is 6.07 Å². The summed E-state index contributed by atoms with van der Waals surface area (Å²) in [6.07, 6.45) is 4.05. The number of thioether (sulfide) groups is 1. The second-order valence-corrected chi connectivity index (χ2v) is 6.37. The van der Waals surface area contributed by atoms with E-state index < -0.39 is 5.54 Å². The van der Waals surface area contributed by atoms with Gasteiger partial charge >= 0.3 is 0 Å². The number of aryl methyl sites for hydroxylation is 1. The van der Waals surface area contributed by atoms with E-state index in [-0.39, 0.29) is 0 Å². The van der Waals surface area contributed by atoms with Crippen LogP contribution in [0.2, 0.25) is 0 Å². The average molecular weight is 276 g/mol. The Labute approximate surface area is 119 Å². The molecule has 1 saturated carbocycles. The zero-order chi connectivity index (χ0) is 13.9. The standard InChI is InChI=1S/C14H20N4S/c1-10(2)18-14(8-15,12-4-5-12)9-19-13-16-7-6-11(3)17-13/h6-7,10,12,18H,4-5,9H2,1-3H3. The zero-order valence-corrected chi connectivity index (χ0v) is 12.5. The Morgan fingerprint density at radius 2 is 2.32 bits per heavy atom. The number of hydrogen-bond acceptors (Lipinski definition) is 5. The maximum Gasteiger partial charge on any atom is 0.187 e. The van der Waals surface area contributed by atoms with Crippen molar-refractivity contribution >= 4 is 11.8 Å². The van der Waals surface area contributed by atoms with Crippen LogP contribution in [0.3, 0.4) is 0 Å². The molecule has 1 aromatic heterocycles. The number of nitriles is 1. The van der Waals surface area contributed by atoms with Crippen molar-refractivity contribution in [1.82, 2.24) is 15.3 Å². The fourth-order valence-corrected chi connectivity index (χ4v) is 3.28. The van der Waals surface area contributed by atoms with Gasteiger partial charge in [-0.1, -0.05) is 11.8 Å². The van der Waals surface area contributed by atoms with Crippen molar-refractivity contribution in [3.8, 4) is 6.07 Å². The Kier molecular flexibility index (Phi) is 4.43. The van der Waals surface area contributed by atoms with Crippen molar-refractivity contribution in [2.45, 2.75) is 50.4 Å². The Hall–Kier alpha value is -1.12. The zero-order valence-electron chi connectivity index (χ0n) is 11.7. The van der Waals surface area contributed by atoms with Gasteiger partial charge in [-0.2, -0.15) is 5.26 Å². The summed E-state index contributed by atoms with van der Waals surface area (Å²) in [5.74, 6) is 1.17. The Morgan fingerprint density at radius 3 is 2.84 bits per heavy atom. The SMILES string of the molecule is Cc1ccnc(SCC(C#N)(NC(C)C)C2CC2)n1. The normalized spacial score (nSPS) is 18.1. The summed E-state index contributed by atoms with van der Waals surface area (Å²) in [7, 11) is 0. The molecule has 0 aromatic carbocycles. The minimum atomic E-state index is -0.439. The number of aromatic nitrogens is 2. The molecule has 1 unspecified atom stereocenters. The molecule has 19 heavy (non-hydrogen) atoms. The lowest BCUT2D eigenvalue weighted by atomic mass is 9.96. The van der Waals surface area contributed by atoms with E-state index in [1.54, 1.807) is 18.0 Å². The second-order valence-electron chi connectivity index (χ2n) is 5.43. The average Bonchev–Trinajstić information content (AvgIpc) is 3.19. The molecule has 1 aliphatic rings. The van der Waals surface area contributed by atoms with Crippen molar-refractivity contribution in [3.63, 3.8) is 0 Å². The highest BCUT2D eigenvalue weighted by molar-refractivity contribution is 7.99. The first kappa shape index (κ1) is 14.3. The van der Waals surface area contributed by atoms with Crippen LogP contribution >= 0.6 is 11.8 Å². The summed E-state index contributed by atoms with van der Waals surface area (Å²) in [4.78, 5) is 8.63. The van der Waals surface area contributed by atoms with Gasteiger partial charge in [0.2, 0.25) is 0 Å². The summed E-state index contributed by atoms with van der Waals surface area (Å²) in [5.41, 5.74) is 0.523. The third-order valence-electron chi connectivity index (χ3n) is 3.22. The molecule has 0 radical (unpaired) electrons. The molecule has 4 nitrogen and oxygen atoms in total. The summed E-state index contributed by atoms with van der Waals surface area (Å²) < 4.78 is 0. The first-order valence-electron chi connectivity index (χ1n) is 6.67. The number of nitrogens with one attached hydrogen (secondary N) is 1. The van der Waals surface area contributed by atoms with Crippen LogP contribution in [-0.2, 0) is 0 Å². The van der Waals surface area contributed by atoms with Crippen molar-refractivity contribution in [3.05, 3.63) is 18.0 Å².